The Morgan fingerprint density at radius 1 is 0.654 bits per heavy atom. The Labute approximate surface area is 184 Å². The zero-order chi connectivity index (χ0) is 19.4. The Bertz CT molecular complexity index is 418. The molecule has 4 N–H and O–H groups in total. The zero-order valence-corrected chi connectivity index (χ0v) is 18.9. The molecule has 0 saturated carbocycles. The van der Waals surface area contributed by atoms with Gasteiger partial charge in [0.15, 0.2) is 0 Å². The van der Waals surface area contributed by atoms with Crippen LogP contribution in [0.2, 0.25) is 0 Å². The Hall–Kier alpha value is 0.930. The predicted molar refractivity (Wildman–Crippen MR) is 109 cm³/mol. The van der Waals surface area contributed by atoms with E-state index in [4.69, 9.17) is 69.6 Å². The third-order valence-electron chi connectivity index (χ3n) is 5.01. The van der Waals surface area contributed by atoms with Crippen molar-refractivity contribution in [3.8, 4) is 0 Å². The van der Waals surface area contributed by atoms with Crippen molar-refractivity contribution >= 4 is 75.6 Å². The molecule has 2 aliphatic heterocycles. The van der Waals surface area contributed by atoms with Gasteiger partial charge in [0.05, 0.1) is 26.2 Å². The number of alkyl halides is 6. The second-order valence-electron chi connectivity index (χ2n) is 7.00. The standard InChI is InChI=1S/C15H24Cl6N4O/c16-14(17,18)11(24-7-3-1-4-8-24)22-13(26)23-12(15(19,20)21)25-9-5-2-6-10-25/h11-12H,1-10H2,(H2,22,23,26)/p+2/t11-,12+. The molecule has 2 heterocycles. The summed E-state index contributed by atoms with van der Waals surface area (Å²) in [4.78, 5) is 14.7. The van der Waals surface area contributed by atoms with E-state index in [0.29, 0.717) is 0 Å². The predicted octanol–water partition coefficient (Wildman–Crippen LogP) is 1.82. The second kappa shape index (κ2) is 10.1. The summed E-state index contributed by atoms with van der Waals surface area (Å²) in [5.74, 6) is 0. The molecule has 0 aromatic heterocycles. The fraction of sp³-hybridized carbons (Fsp3) is 0.933. The van der Waals surface area contributed by atoms with Crippen LogP contribution in [0.5, 0.6) is 0 Å². The van der Waals surface area contributed by atoms with Crippen molar-refractivity contribution in [1.29, 1.82) is 0 Å². The molecule has 0 unspecified atom stereocenters. The number of hydrogen-bond acceptors (Lipinski definition) is 1. The minimum Gasteiger partial charge on any atom is -0.312 e. The molecule has 0 aliphatic carbocycles. The molecular weight excluding hydrogens is 465 g/mol. The minimum atomic E-state index is -1.63. The molecule has 11 heteroatoms. The van der Waals surface area contributed by atoms with Gasteiger partial charge in [-0.1, -0.05) is 69.6 Å². The van der Waals surface area contributed by atoms with Gasteiger partial charge in [-0.15, -0.1) is 0 Å². The third kappa shape index (κ3) is 7.07. The number of likely N-dealkylation sites (tertiary alicyclic amines) is 2. The molecule has 0 bridgehead atoms. The lowest BCUT2D eigenvalue weighted by Crippen LogP contribution is -3.21. The second-order valence-corrected chi connectivity index (χ2v) is 11.7. The SMILES string of the molecule is O=C(N[C@H]([NH+]1CCCCC1)C(Cl)(Cl)Cl)N[C@@H]([NH+]1CCCCC1)C(Cl)(Cl)Cl. The Balaban J connectivity index is 2.04. The minimum absolute atomic E-state index is 0.492. The van der Waals surface area contributed by atoms with E-state index in [9.17, 15) is 4.79 Å². The molecular formula is C15H26Cl6N4O+2. The van der Waals surface area contributed by atoms with Gasteiger partial charge < -0.3 is 9.80 Å². The van der Waals surface area contributed by atoms with E-state index in [1.807, 2.05) is 0 Å². The van der Waals surface area contributed by atoms with E-state index in [1.165, 1.54) is 0 Å². The number of urea groups is 1. The molecule has 0 radical (unpaired) electrons. The fourth-order valence-electron chi connectivity index (χ4n) is 3.72. The molecule has 2 saturated heterocycles. The summed E-state index contributed by atoms with van der Waals surface area (Å²) in [6.07, 6.45) is 5.09. The highest BCUT2D eigenvalue weighted by Gasteiger charge is 2.46. The van der Waals surface area contributed by atoms with Crippen molar-refractivity contribution in [1.82, 2.24) is 10.6 Å². The number of amides is 2. The van der Waals surface area contributed by atoms with Crippen LogP contribution in [0.4, 0.5) is 4.79 Å². The van der Waals surface area contributed by atoms with Gasteiger partial charge in [0.1, 0.15) is 0 Å². The fourth-order valence-corrected chi connectivity index (χ4v) is 4.98. The average molecular weight is 491 g/mol. The number of piperidine rings is 2. The maximum Gasteiger partial charge on any atom is 0.324 e. The molecule has 2 aliphatic rings. The lowest BCUT2D eigenvalue weighted by Gasteiger charge is -2.37. The van der Waals surface area contributed by atoms with Crippen LogP contribution >= 0.6 is 69.6 Å². The number of quaternary nitrogens is 2. The third-order valence-corrected chi connectivity index (χ3v) is 6.32. The normalized spacial score (nSPS) is 23.3. The summed E-state index contributed by atoms with van der Waals surface area (Å²) >= 11 is 36.8. The summed E-state index contributed by atoms with van der Waals surface area (Å²) < 4.78 is -3.26. The number of carbonyl (C=O) groups is 1. The topological polar surface area (TPSA) is 50.0 Å². The quantitative estimate of drug-likeness (QED) is 0.446. The first-order chi connectivity index (χ1) is 12.1. The van der Waals surface area contributed by atoms with E-state index < -0.39 is 25.9 Å². The molecule has 2 rings (SSSR count). The van der Waals surface area contributed by atoms with Crippen molar-refractivity contribution in [2.24, 2.45) is 0 Å². The number of rotatable bonds is 4. The molecule has 0 spiro atoms. The summed E-state index contributed by atoms with van der Waals surface area (Å²) in [7, 11) is 0. The highest BCUT2D eigenvalue weighted by Crippen LogP contribution is 2.29. The lowest BCUT2D eigenvalue weighted by molar-refractivity contribution is -0.933. The highest BCUT2D eigenvalue weighted by molar-refractivity contribution is 6.68. The van der Waals surface area contributed by atoms with Gasteiger partial charge in [-0.3, -0.25) is 10.6 Å². The lowest BCUT2D eigenvalue weighted by atomic mass is 10.1. The molecule has 2 amide bonds. The average Bonchev–Trinajstić information content (AvgIpc) is 2.57. The monoisotopic (exact) mass is 488 g/mol. The molecule has 152 valence electrons. The highest BCUT2D eigenvalue weighted by atomic mass is 35.6. The van der Waals surface area contributed by atoms with Crippen LogP contribution < -0.4 is 20.4 Å². The molecule has 0 aromatic carbocycles. The largest absolute Gasteiger partial charge is 0.324 e. The summed E-state index contributed by atoms with van der Waals surface area (Å²) in [6, 6.07) is -0.492. The van der Waals surface area contributed by atoms with E-state index in [2.05, 4.69) is 10.6 Å². The van der Waals surface area contributed by atoms with Gasteiger partial charge in [0.2, 0.25) is 12.3 Å². The van der Waals surface area contributed by atoms with Gasteiger partial charge >= 0.3 is 6.03 Å². The van der Waals surface area contributed by atoms with Gasteiger partial charge in [0, 0.05) is 0 Å². The van der Waals surface area contributed by atoms with E-state index in [-0.39, 0.29) is 0 Å². The van der Waals surface area contributed by atoms with Crippen LogP contribution in [-0.4, -0.2) is 52.1 Å². The Kier molecular flexibility index (Phi) is 9.02. The smallest absolute Gasteiger partial charge is 0.312 e. The van der Waals surface area contributed by atoms with Gasteiger partial charge in [-0.2, -0.15) is 0 Å². The van der Waals surface area contributed by atoms with Crippen LogP contribution in [0.1, 0.15) is 38.5 Å². The number of carbonyl (C=O) groups excluding carboxylic acids is 1. The van der Waals surface area contributed by atoms with Crippen LogP contribution in [0.3, 0.4) is 0 Å². The van der Waals surface area contributed by atoms with Gasteiger partial charge in [-0.25, -0.2) is 4.79 Å². The molecule has 0 aromatic rings. The maximum atomic E-state index is 12.6. The van der Waals surface area contributed by atoms with Gasteiger partial charge in [0.25, 0.3) is 7.59 Å². The van der Waals surface area contributed by atoms with Crippen molar-refractivity contribution in [2.45, 2.75) is 58.4 Å². The summed E-state index contributed by atoms with van der Waals surface area (Å²) in [5.41, 5.74) is 0. The molecule has 2 fully saturated rings. The summed E-state index contributed by atoms with van der Waals surface area (Å²) in [6.45, 7) is 3.35. The number of nitrogens with one attached hydrogen (secondary N) is 4. The van der Waals surface area contributed by atoms with Crippen LogP contribution in [0.15, 0.2) is 0 Å². The number of hydrogen-bond donors (Lipinski definition) is 4. The first kappa shape index (κ1) is 23.2. The van der Waals surface area contributed by atoms with Crippen LogP contribution in [0.25, 0.3) is 0 Å². The van der Waals surface area contributed by atoms with Gasteiger partial charge in [-0.05, 0) is 38.5 Å². The van der Waals surface area contributed by atoms with Crippen LogP contribution in [0, 0.1) is 0 Å². The van der Waals surface area contributed by atoms with E-state index >= 15 is 0 Å². The first-order valence-corrected chi connectivity index (χ1v) is 11.3. The summed E-state index contributed by atoms with van der Waals surface area (Å²) in [5, 5.41) is 5.59. The molecule has 2 atom stereocenters. The Morgan fingerprint density at radius 3 is 1.23 bits per heavy atom. The molecule has 5 nitrogen and oxygen atoms in total. The van der Waals surface area contributed by atoms with E-state index in [0.717, 1.165) is 74.5 Å². The van der Waals surface area contributed by atoms with E-state index in [1.54, 1.807) is 0 Å². The number of halogens is 6. The molecule has 26 heavy (non-hydrogen) atoms. The van der Waals surface area contributed by atoms with Crippen molar-refractivity contribution < 1.29 is 14.6 Å². The Morgan fingerprint density at radius 2 is 0.962 bits per heavy atom. The van der Waals surface area contributed by atoms with Crippen LogP contribution in [-0.2, 0) is 0 Å². The van der Waals surface area contributed by atoms with Crippen molar-refractivity contribution in [3.05, 3.63) is 0 Å². The maximum absolute atomic E-state index is 12.6. The van der Waals surface area contributed by atoms with Crippen molar-refractivity contribution in [2.75, 3.05) is 26.2 Å². The first-order valence-electron chi connectivity index (χ1n) is 8.98. The zero-order valence-electron chi connectivity index (χ0n) is 14.4. The van der Waals surface area contributed by atoms with Crippen molar-refractivity contribution in [3.63, 3.8) is 0 Å².